The molecule has 1 aliphatic heterocycles. The predicted molar refractivity (Wildman–Crippen MR) is 96.0 cm³/mol. The number of nitrogens with one attached hydrogen (secondary N) is 2. The number of rotatable bonds is 6. The van der Waals surface area contributed by atoms with Gasteiger partial charge in [0.05, 0.1) is 7.11 Å². The second kappa shape index (κ2) is 7.65. The van der Waals surface area contributed by atoms with Gasteiger partial charge in [-0.2, -0.15) is 4.98 Å². The van der Waals surface area contributed by atoms with Crippen LogP contribution >= 0.6 is 0 Å². The second-order valence-electron chi connectivity index (χ2n) is 6.37. The molecule has 2 N–H and O–H groups in total. The quantitative estimate of drug-likeness (QED) is 0.836. The molecule has 7 heteroatoms. The van der Waals surface area contributed by atoms with Crippen LogP contribution in [0.3, 0.4) is 0 Å². The average molecular weight is 343 g/mol. The lowest BCUT2D eigenvalue weighted by Gasteiger charge is -2.13. The Labute approximate surface area is 147 Å². The minimum Gasteiger partial charge on any atom is -0.496 e. The number of hydrogen-bond donors (Lipinski definition) is 2. The maximum absolute atomic E-state index is 12.6. The fourth-order valence-corrected chi connectivity index (χ4v) is 3.23. The first kappa shape index (κ1) is 17.4. The Balaban J connectivity index is 1.77. The van der Waals surface area contributed by atoms with Crippen molar-refractivity contribution in [3.05, 3.63) is 35.2 Å². The molecule has 0 radical (unpaired) electrons. The first-order valence-electron chi connectivity index (χ1n) is 8.69. The summed E-state index contributed by atoms with van der Waals surface area (Å²) in [4.78, 5) is 16.9. The lowest BCUT2D eigenvalue weighted by Crippen LogP contribution is -2.15. The van der Waals surface area contributed by atoms with Gasteiger partial charge in [0.15, 0.2) is 0 Å². The topological polar surface area (TPSA) is 81.1 Å². The number of carbonyl (C=O) groups is 1. The highest BCUT2D eigenvalue weighted by atomic mass is 16.5. The lowest BCUT2D eigenvalue weighted by atomic mass is 9.96. The van der Waals surface area contributed by atoms with E-state index in [-0.39, 0.29) is 5.91 Å². The number of carbonyl (C=O) groups excluding carboxylic acids is 1. The summed E-state index contributed by atoms with van der Waals surface area (Å²) in [5.41, 5.74) is 1.65. The molecule has 2 heterocycles. The number of ether oxygens (including phenoxy) is 1. The molecule has 2 aromatic rings. The first-order chi connectivity index (χ1) is 12.1. The first-order valence-corrected chi connectivity index (χ1v) is 8.69. The Hall–Kier alpha value is -2.41. The maximum Gasteiger partial charge on any atom is 0.258 e. The zero-order valence-corrected chi connectivity index (χ0v) is 15.0. The van der Waals surface area contributed by atoms with E-state index in [0.29, 0.717) is 17.4 Å². The largest absolute Gasteiger partial charge is 0.496 e. The molecule has 1 atom stereocenters. The smallest absolute Gasteiger partial charge is 0.258 e. The molecular formula is C18H25N5O2. The molecule has 25 heavy (non-hydrogen) atoms. The van der Waals surface area contributed by atoms with Crippen LogP contribution in [0.15, 0.2) is 18.2 Å². The fraction of sp³-hybridized carbons (Fsp3) is 0.500. The number of aromatic nitrogens is 3. The van der Waals surface area contributed by atoms with E-state index in [2.05, 4.69) is 20.7 Å². The molecule has 0 aliphatic carbocycles. The zero-order valence-electron chi connectivity index (χ0n) is 15.0. The SMILES string of the molecule is CCc1nc(NC(=O)c2ccc(OC)c(CC3CCNC3)c2)nn1C. The van der Waals surface area contributed by atoms with E-state index in [1.807, 2.05) is 26.1 Å². The van der Waals surface area contributed by atoms with E-state index in [1.54, 1.807) is 17.9 Å². The van der Waals surface area contributed by atoms with Crippen molar-refractivity contribution >= 4 is 11.9 Å². The molecule has 0 spiro atoms. The van der Waals surface area contributed by atoms with Crippen LogP contribution in [0.4, 0.5) is 5.95 Å². The van der Waals surface area contributed by atoms with E-state index >= 15 is 0 Å². The molecule has 1 aromatic heterocycles. The third kappa shape index (κ3) is 3.99. The van der Waals surface area contributed by atoms with Crippen LogP contribution in [0.5, 0.6) is 5.75 Å². The molecule has 1 amide bonds. The van der Waals surface area contributed by atoms with Crippen molar-refractivity contribution in [3.8, 4) is 5.75 Å². The summed E-state index contributed by atoms with van der Waals surface area (Å²) in [7, 11) is 3.48. The van der Waals surface area contributed by atoms with Gasteiger partial charge in [0.2, 0.25) is 5.95 Å². The third-order valence-electron chi connectivity index (χ3n) is 4.61. The monoisotopic (exact) mass is 343 g/mol. The number of nitrogens with zero attached hydrogens (tertiary/aromatic N) is 3. The molecule has 1 saturated heterocycles. The molecule has 1 aliphatic rings. The Bertz CT molecular complexity index is 750. The van der Waals surface area contributed by atoms with Gasteiger partial charge in [0, 0.05) is 19.0 Å². The number of hydrogen-bond acceptors (Lipinski definition) is 5. The predicted octanol–water partition coefficient (Wildman–Crippen LogP) is 1.79. The van der Waals surface area contributed by atoms with Crippen LogP contribution in [-0.2, 0) is 19.9 Å². The summed E-state index contributed by atoms with van der Waals surface area (Å²) in [6, 6.07) is 5.54. The van der Waals surface area contributed by atoms with E-state index in [4.69, 9.17) is 4.74 Å². The van der Waals surface area contributed by atoms with E-state index in [1.165, 1.54) is 0 Å². The fourth-order valence-electron chi connectivity index (χ4n) is 3.23. The number of methoxy groups -OCH3 is 1. The third-order valence-corrected chi connectivity index (χ3v) is 4.61. The summed E-state index contributed by atoms with van der Waals surface area (Å²) in [6.45, 7) is 4.07. The van der Waals surface area contributed by atoms with Crippen LogP contribution in [-0.4, -0.2) is 40.9 Å². The highest BCUT2D eigenvalue weighted by Crippen LogP contribution is 2.25. The van der Waals surface area contributed by atoms with Crippen molar-refractivity contribution in [1.82, 2.24) is 20.1 Å². The van der Waals surface area contributed by atoms with Crippen molar-refractivity contribution in [3.63, 3.8) is 0 Å². The summed E-state index contributed by atoms with van der Waals surface area (Å²) in [5, 5.41) is 10.4. The van der Waals surface area contributed by atoms with Crippen molar-refractivity contribution < 1.29 is 9.53 Å². The summed E-state index contributed by atoms with van der Waals surface area (Å²) in [5.74, 6) is 2.37. The number of anilines is 1. The summed E-state index contributed by atoms with van der Waals surface area (Å²) < 4.78 is 7.14. The molecular weight excluding hydrogens is 318 g/mol. The molecule has 7 nitrogen and oxygen atoms in total. The van der Waals surface area contributed by atoms with Crippen LogP contribution in [0.2, 0.25) is 0 Å². The van der Waals surface area contributed by atoms with Crippen molar-refractivity contribution in [2.75, 3.05) is 25.5 Å². The molecule has 0 bridgehead atoms. The standard InChI is InChI=1S/C18H25N5O2/c1-4-16-20-18(22-23(16)2)21-17(24)13-5-6-15(25-3)14(10-13)9-12-7-8-19-11-12/h5-6,10,12,19H,4,7-9,11H2,1-3H3,(H,21,22,24). The number of amides is 1. The van der Waals surface area contributed by atoms with Crippen LogP contribution in [0.25, 0.3) is 0 Å². The van der Waals surface area contributed by atoms with Crippen LogP contribution in [0, 0.1) is 5.92 Å². The molecule has 0 saturated carbocycles. The Morgan fingerprint density at radius 1 is 1.48 bits per heavy atom. The summed E-state index contributed by atoms with van der Waals surface area (Å²) >= 11 is 0. The van der Waals surface area contributed by atoms with Gasteiger partial charge >= 0.3 is 0 Å². The molecule has 1 fully saturated rings. The van der Waals surface area contributed by atoms with Crippen LogP contribution < -0.4 is 15.4 Å². The second-order valence-corrected chi connectivity index (χ2v) is 6.37. The number of aryl methyl sites for hydroxylation is 2. The van der Waals surface area contributed by atoms with Gasteiger partial charge in [-0.05, 0) is 55.6 Å². The van der Waals surface area contributed by atoms with Crippen molar-refractivity contribution in [2.24, 2.45) is 13.0 Å². The normalized spacial score (nSPS) is 16.8. The Kier molecular flexibility index (Phi) is 5.33. The molecule has 1 aromatic carbocycles. The zero-order chi connectivity index (χ0) is 17.8. The number of benzene rings is 1. The van der Waals surface area contributed by atoms with E-state index in [0.717, 1.165) is 49.5 Å². The average Bonchev–Trinajstić information content (AvgIpc) is 3.24. The molecule has 3 rings (SSSR count). The molecule has 134 valence electrons. The van der Waals surface area contributed by atoms with Crippen molar-refractivity contribution in [2.45, 2.75) is 26.2 Å². The highest BCUT2D eigenvalue weighted by molar-refractivity contribution is 6.03. The van der Waals surface area contributed by atoms with Gasteiger partial charge < -0.3 is 10.1 Å². The summed E-state index contributed by atoms with van der Waals surface area (Å²) in [6.07, 6.45) is 2.82. The van der Waals surface area contributed by atoms with Gasteiger partial charge in [0.1, 0.15) is 11.6 Å². The molecule has 1 unspecified atom stereocenters. The van der Waals surface area contributed by atoms with Gasteiger partial charge in [-0.15, -0.1) is 5.10 Å². The maximum atomic E-state index is 12.6. The van der Waals surface area contributed by atoms with E-state index in [9.17, 15) is 4.79 Å². The van der Waals surface area contributed by atoms with Gasteiger partial charge in [0.25, 0.3) is 5.91 Å². The highest BCUT2D eigenvalue weighted by Gasteiger charge is 2.19. The minimum absolute atomic E-state index is 0.207. The minimum atomic E-state index is -0.207. The van der Waals surface area contributed by atoms with Gasteiger partial charge in [-0.1, -0.05) is 6.92 Å². The van der Waals surface area contributed by atoms with Crippen molar-refractivity contribution in [1.29, 1.82) is 0 Å². The van der Waals surface area contributed by atoms with E-state index < -0.39 is 0 Å². The van der Waals surface area contributed by atoms with Gasteiger partial charge in [-0.3, -0.25) is 14.8 Å². The van der Waals surface area contributed by atoms with Crippen LogP contribution in [0.1, 0.15) is 35.1 Å². The Morgan fingerprint density at radius 2 is 2.32 bits per heavy atom. The lowest BCUT2D eigenvalue weighted by molar-refractivity contribution is 0.102. The van der Waals surface area contributed by atoms with Gasteiger partial charge in [-0.25, -0.2) is 0 Å². The Morgan fingerprint density at radius 3 is 2.96 bits per heavy atom.